The molecular formula is C18H16Cl5NO2. The molecule has 1 amide bonds. The van der Waals surface area contributed by atoms with E-state index in [0.717, 1.165) is 16.7 Å². The molecule has 1 unspecified atom stereocenters. The van der Waals surface area contributed by atoms with Crippen LogP contribution in [0.4, 0.5) is 0 Å². The third kappa shape index (κ3) is 5.34. The van der Waals surface area contributed by atoms with Crippen molar-refractivity contribution in [2.45, 2.75) is 30.8 Å². The second-order valence-electron chi connectivity index (χ2n) is 5.84. The molecular weight excluding hydrogens is 439 g/mol. The molecule has 0 radical (unpaired) electrons. The quantitative estimate of drug-likeness (QED) is 0.426. The lowest BCUT2D eigenvalue weighted by Gasteiger charge is -2.27. The van der Waals surface area contributed by atoms with Gasteiger partial charge in [-0.3, -0.25) is 4.79 Å². The number of rotatable bonds is 4. The standard InChI is InChI=1S/C18H16Cl5NO2/c1-9-6-10(2)11(3)15(7-9)26-17(18(21,22)23)24-16(25)13-5-4-12(19)8-14(13)20/h4-8,17H,1-3H3,(H,24,25). The van der Waals surface area contributed by atoms with Crippen LogP contribution in [0.25, 0.3) is 0 Å². The molecule has 0 saturated heterocycles. The Morgan fingerprint density at radius 3 is 2.31 bits per heavy atom. The Labute approximate surface area is 177 Å². The minimum absolute atomic E-state index is 0.181. The fourth-order valence-electron chi connectivity index (χ4n) is 2.30. The summed E-state index contributed by atoms with van der Waals surface area (Å²) < 4.78 is 3.93. The number of aryl methyl sites for hydroxylation is 2. The second kappa shape index (κ2) is 8.45. The maximum atomic E-state index is 12.5. The van der Waals surface area contributed by atoms with Crippen molar-refractivity contribution in [3.05, 3.63) is 62.6 Å². The lowest BCUT2D eigenvalue weighted by Crippen LogP contribution is -2.48. The molecule has 0 aromatic heterocycles. The lowest BCUT2D eigenvalue weighted by molar-refractivity contribution is 0.0832. The molecule has 0 aliphatic heterocycles. The van der Waals surface area contributed by atoms with Crippen LogP contribution in [0.1, 0.15) is 27.0 Å². The lowest BCUT2D eigenvalue weighted by atomic mass is 10.1. The Morgan fingerprint density at radius 1 is 1.08 bits per heavy atom. The van der Waals surface area contributed by atoms with Crippen LogP contribution in [0.15, 0.2) is 30.3 Å². The van der Waals surface area contributed by atoms with Crippen molar-refractivity contribution in [2.24, 2.45) is 0 Å². The van der Waals surface area contributed by atoms with Gasteiger partial charge in [-0.05, 0) is 61.7 Å². The third-order valence-electron chi connectivity index (χ3n) is 3.74. The number of nitrogens with one attached hydrogen (secondary N) is 1. The van der Waals surface area contributed by atoms with Crippen LogP contribution in [-0.4, -0.2) is 15.9 Å². The maximum Gasteiger partial charge on any atom is 0.255 e. The van der Waals surface area contributed by atoms with E-state index in [1.807, 2.05) is 32.9 Å². The second-order valence-corrected chi connectivity index (χ2v) is 9.05. The van der Waals surface area contributed by atoms with Crippen LogP contribution < -0.4 is 10.1 Å². The predicted molar refractivity (Wildman–Crippen MR) is 109 cm³/mol. The Morgan fingerprint density at radius 2 is 1.73 bits per heavy atom. The summed E-state index contributed by atoms with van der Waals surface area (Å²) in [4.78, 5) is 12.5. The molecule has 2 aromatic rings. The molecule has 0 heterocycles. The van der Waals surface area contributed by atoms with Crippen molar-refractivity contribution >= 4 is 63.9 Å². The highest BCUT2D eigenvalue weighted by Crippen LogP contribution is 2.34. The highest BCUT2D eigenvalue weighted by Gasteiger charge is 2.37. The van der Waals surface area contributed by atoms with Gasteiger partial charge in [0.2, 0.25) is 10.0 Å². The van der Waals surface area contributed by atoms with Crippen molar-refractivity contribution in [3.63, 3.8) is 0 Å². The highest BCUT2D eigenvalue weighted by atomic mass is 35.6. The zero-order valence-electron chi connectivity index (χ0n) is 14.2. The van der Waals surface area contributed by atoms with Crippen LogP contribution in [0.5, 0.6) is 5.75 Å². The smallest absolute Gasteiger partial charge is 0.255 e. The topological polar surface area (TPSA) is 38.3 Å². The number of hydrogen-bond acceptors (Lipinski definition) is 2. The van der Waals surface area contributed by atoms with Gasteiger partial charge in [0.25, 0.3) is 5.91 Å². The van der Waals surface area contributed by atoms with Gasteiger partial charge >= 0.3 is 0 Å². The number of amides is 1. The van der Waals surface area contributed by atoms with Crippen molar-refractivity contribution in [3.8, 4) is 5.75 Å². The predicted octanol–water partition coefficient (Wildman–Crippen LogP) is 6.42. The summed E-state index contributed by atoms with van der Waals surface area (Å²) in [5.74, 6) is -0.0358. The number of carbonyl (C=O) groups excluding carboxylic acids is 1. The largest absolute Gasteiger partial charge is 0.466 e. The summed E-state index contributed by atoms with van der Waals surface area (Å²) in [5.41, 5.74) is 3.08. The summed E-state index contributed by atoms with van der Waals surface area (Å²) in [6, 6.07) is 8.31. The van der Waals surface area contributed by atoms with Crippen LogP contribution in [0, 0.1) is 20.8 Å². The fourth-order valence-corrected chi connectivity index (χ4v) is 3.09. The average molecular weight is 456 g/mol. The van der Waals surface area contributed by atoms with Crippen LogP contribution in [0.3, 0.4) is 0 Å². The molecule has 0 fully saturated rings. The molecule has 26 heavy (non-hydrogen) atoms. The summed E-state index contributed by atoms with van der Waals surface area (Å²) >= 11 is 30.0. The van der Waals surface area contributed by atoms with Gasteiger partial charge < -0.3 is 10.1 Å². The van der Waals surface area contributed by atoms with Gasteiger partial charge in [0.05, 0.1) is 10.6 Å². The Bertz CT molecular complexity index is 833. The number of ether oxygens (including phenoxy) is 1. The number of hydrogen-bond donors (Lipinski definition) is 1. The average Bonchev–Trinajstić information content (AvgIpc) is 2.50. The summed E-state index contributed by atoms with van der Waals surface area (Å²) in [5, 5.41) is 3.15. The zero-order chi connectivity index (χ0) is 19.6. The SMILES string of the molecule is Cc1cc(C)c(C)c(OC(NC(=O)c2ccc(Cl)cc2Cl)C(Cl)(Cl)Cl)c1. The Kier molecular flexibility index (Phi) is 6.98. The summed E-state index contributed by atoms with van der Waals surface area (Å²) in [6.45, 7) is 5.76. The first kappa shape index (κ1) is 21.5. The van der Waals surface area contributed by atoms with E-state index in [2.05, 4.69) is 5.32 Å². The molecule has 0 aliphatic carbocycles. The molecule has 0 aliphatic rings. The van der Waals surface area contributed by atoms with Crippen LogP contribution >= 0.6 is 58.0 Å². The van der Waals surface area contributed by atoms with E-state index >= 15 is 0 Å². The molecule has 2 aromatic carbocycles. The van der Waals surface area contributed by atoms with Gasteiger partial charge in [-0.15, -0.1) is 0 Å². The van der Waals surface area contributed by atoms with Crippen molar-refractivity contribution < 1.29 is 9.53 Å². The number of halogens is 5. The van der Waals surface area contributed by atoms with Gasteiger partial charge in [-0.1, -0.05) is 64.1 Å². The molecule has 8 heteroatoms. The Balaban J connectivity index is 2.30. The van der Waals surface area contributed by atoms with Crippen LogP contribution in [0.2, 0.25) is 10.0 Å². The summed E-state index contributed by atoms with van der Waals surface area (Å²) in [6.07, 6.45) is -1.23. The van der Waals surface area contributed by atoms with E-state index in [0.29, 0.717) is 10.8 Å². The maximum absolute atomic E-state index is 12.5. The van der Waals surface area contributed by atoms with Gasteiger partial charge in [0, 0.05) is 5.02 Å². The minimum atomic E-state index is -1.90. The first-order chi connectivity index (χ1) is 12.0. The van der Waals surface area contributed by atoms with E-state index in [1.165, 1.54) is 12.1 Å². The van der Waals surface area contributed by atoms with Crippen molar-refractivity contribution in [1.82, 2.24) is 5.32 Å². The zero-order valence-corrected chi connectivity index (χ0v) is 18.0. The third-order valence-corrected chi connectivity index (χ3v) is 4.89. The Hall–Kier alpha value is -0.840. The molecule has 2 rings (SSSR count). The minimum Gasteiger partial charge on any atom is -0.466 e. The van der Waals surface area contributed by atoms with E-state index in [9.17, 15) is 4.79 Å². The number of alkyl halides is 3. The van der Waals surface area contributed by atoms with E-state index in [4.69, 9.17) is 62.7 Å². The van der Waals surface area contributed by atoms with Gasteiger partial charge in [0.15, 0.2) is 0 Å². The molecule has 1 N–H and O–H groups in total. The molecule has 0 spiro atoms. The van der Waals surface area contributed by atoms with Gasteiger partial charge in [0.1, 0.15) is 5.75 Å². The number of carbonyl (C=O) groups is 1. The van der Waals surface area contributed by atoms with E-state index in [1.54, 1.807) is 6.07 Å². The number of benzene rings is 2. The van der Waals surface area contributed by atoms with E-state index in [-0.39, 0.29) is 10.6 Å². The monoisotopic (exact) mass is 453 g/mol. The molecule has 140 valence electrons. The van der Waals surface area contributed by atoms with Gasteiger partial charge in [-0.25, -0.2) is 0 Å². The highest BCUT2D eigenvalue weighted by molar-refractivity contribution is 6.68. The molecule has 1 atom stereocenters. The first-order valence-electron chi connectivity index (χ1n) is 7.56. The molecule has 3 nitrogen and oxygen atoms in total. The summed E-state index contributed by atoms with van der Waals surface area (Å²) in [7, 11) is 0. The molecule has 0 bridgehead atoms. The normalized spacial score (nSPS) is 12.6. The van der Waals surface area contributed by atoms with E-state index < -0.39 is 15.9 Å². The van der Waals surface area contributed by atoms with Gasteiger partial charge in [-0.2, -0.15) is 0 Å². The van der Waals surface area contributed by atoms with Crippen molar-refractivity contribution in [2.75, 3.05) is 0 Å². The first-order valence-corrected chi connectivity index (χ1v) is 9.45. The van der Waals surface area contributed by atoms with Crippen LogP contribution in [-0.2, 0) is 0 Å². The fraction of sp³-hybridized carbons (Fsp3) is 0.278. The molecule has 0 saturated carbocycles. The van der Waals surface area contributed by atoms with Crippen molar-refractivity contribution in [1.29, 1.82) is 0 Å².